The summed E-state index contributed by atoms with van der Waals surface area (Å²) in [6.45, 7) is 8.13. The van der Waals surface area contributed by atoms with Gasteiger partial charge in [0, 0.05) is 42.1 Å². The van der Waals surface area contributed by atoms with Crippen molar-refractivity contribution in [3.05, 3.63) is 60.8 Å². The Morgan fingerprint density at radius 1 is 0.745 bits per heavy atom. The van der Waals surface area contributed by atoms with E-state index < -0.39 is 24.3 Å². The van der Waals surface area contributed by atoms with Gasteiger partial charge in [-0.2, -0.15) is 0 Å². The molecule has 2 aromatic carbocycles. The molecule has 0 radical (unpaired) electrons. The molecule has 0 unspecified atom stereocenters. The predicted octanol–water partition coefficient (Wildman–Crippen LogP) is 5.56. The van der Waals surface area contributed by atoms with Crippen LogP contribution in [0.5, 0.6) is 0 Å². The monoisotopic (exact) mass is 753 g/mol. The minimum Gasteiger partial charge on any atom is -0.453 e. The van der Waals surface area contributed by atoms with Crippen LogP contribution in [0, 0.1) is 11.8 Å². The molecule has 1 saturated heterocycles. The lowest BCUT2D eigenvalue weighted by Gasteiger charge is -2.30. The van der Waals surface area contributed by atoms with Crippen LogP contribution in [0.3, 0.4) is 0 Å². The largest absolute Gasteiger partial charge is 0.453 e. The lowest BCUT2D eigenvalue weighted by Crippen LogP contribution is -2.54. The maximum atomic E-state index is 13.6. The van der Waals surface area contributed by atoms with E-state index in [4.69, 9.17) is 9.47 Å². The molecule has 15 nitrogen and oxygen atoms in total. The van der Waals surface area contributed by atoms with Crippen molar-refractivity contribution in [2.75, 3.05) is 26.1 Å². The van der Waals surface area contributed by atoms with Crippen molar-refractivity contribution in [3.8, 4) is 22.4 Å². The van der Waals surface area contributed by atoms with Crippen molar-refractivity contribution in [2.24, 2.45) is 11.8 Å². The third-order valence-electron chi connectivity index (χ3n) is 10.5. The Morgan fingerprint density at radius 2 is 1.36 bits per heavy atom. The predicted molar refractivity (Wildman–Crippen MR) is 208 cm³/mol. The van der Waals surface area contributed by atoms with Gasteiger partial charge in [0.15, 0.2) is 0 Å². The Morgan fingerprint density at radius 3 is 2.02 bits per heavy atom. The van der Waals surface area contributed by atoms with E-state index in [1.807, 2.05) is 39.8 Å². The average molecular weight is 754 g/mol. The van der Waals surface area contributed by atoms with Gasteiger partial charge in [-0.25, -0.2) is 24.5 Å². The first-order valence-corrected chi connectivity index (χ1v) is 18.9. The summed E-state index contributed by atoms with van der Waals surface area (Å²) in [6.07, 6.45) is 8.34. The SMILES string of the molecule is COC(=O)N[C@H](C(=O)N[C@H]1CCC[C@@H]1Nc1ncc(-c2ccc3cc(-c4cnc([C@@H]5CCCN5C(=O)[C@@H](NC(=O)OC)C(C)C)[nH]4)ccc3c2)cn1)C(C)C. The van der Waals surface area contributed by atoms with Crippen LogP contribution in [0.15, 0.2) is 55.0 Å². The number of benzene rings is 2. The number of rotatable bonds is 12. The van der Waals surface area contributed by atoms with Crippen molar-refractivity contribution in [3.63, 3.8) is 0 Å². The van der Waals surface area contributed by atoms with Crippen molar-refractivity contribution >= 4 is 40.7 Å². The van der Waals surface area contributed by atoms with E-state index in [2.05, 4.69) is 65.5 Å². The minimum absolute atomic E-state index is 0.0475. The van der Waals surface area contributed by atoms with Crippen LogP contribution < -0.4 is 21.3 Å². The Bertz CT molecular complexity index is 2000. The van der Waals surface area contributed by atoms with Crippen LogP contribution in [-0.4, -0.2) is 93.8 Å². The highest BCUT2D eigenvalue weighted by Crippen LogP contribution is 2.34. The molecule has 1 aliphatic heterocycles. The molecule has 292 valence electrons. The molecule has 1 saturated carbocycles. The summed E-state index contributed by atoms with van der Waals surface area (Å²) in [5.74, 6) is 0.591. The molecule has 6 rings (SSSR count). The number of aromatic amines is 1. The summed E-state index contributed by atoms with van der Waals surface area (Å²) in [7, 11) is 2.56. The third kappa shape index (κ3) is 8.98. The zero-order valence-corrected chi connectivity index (χ0v) is 32.2. The molecule has 5 N–H and O–H groups in total. The van der Waals surface area contributed by atoms with Gasteiger partial charge in [0.2, 0.25) is 17.8 Å². The van der Waals surface area contributed by atoms with Crippen LogP contribution in [0.1, 0.15) is 71.7 Å². The minimum atomic E-state index is -0.703. The number of amides is 4. The van der Waals surface area contributed by atoms with Crippen LogP contribution in [0.2, 0.25) is 0 Å². The second-order valence-electron chi connectivity index (χ2n) is 15.0. The number of nitrogens with one attached hydrogen (secondary N) is 5. The highest BCUT2D eigenvalue weighted by Gasteiger charge is 2.38. The van der Waals surface area contributed by atoms with Gasteiger partial charge in [0.05, 0.1) is 32.2 Å². The number of carbonyl (C=O) groups excluding carboxylic acids is 4. The topological polar surface area (TPSA) is 193 Å². The number of H-pyrrole nitrogens is 1. The van der Waals surface area contributed by atoms with Crippen molar-refractivity contribution in [2.45, 2.75) is 90.0 Å². The third-order valence-corrected chi connectivity index (χ3v) is 10.5. The van der Waals surface area contributed by atoms with Crippen molar-refractivity contribution in [1.82, 2.24) is 40.8 Å². The summed E-state index contributed by atoms with van der Waals surface area (Å²) in [4.78, 5) is 69.5. The molecular formula is C40H51N9O6. The summed E-state index contributed by atoms with van der Waals surface area (Å²) in [6, 6.07) is 10.7. The number of fused-ring (bicyclic) bond motifs is 1. The molecule has 2 aromatic heterocycles. The molecule has 4 amide bonds. The van der Waals surface area contributed by atoms with E-state index in [1.54, 1.807) is 23.5 Å². The Labute approximate surface area is 320 Å². The number of anilines is 1. The molecule has 3 heterocycles. The van der Waals surface area contributed by atoms with E-state index in [1.165, 1.54) is 14.2 Å². The number of alkyl carbamates (subject to hydrolysis) is 2. The summed E-state index contributed by atoms with van der Waals surface area (Å²) in [5.41, 5.74) is 3.68. The first-order valence-electron chi connectivity index (χ1n) is 18.9. The van der Waals surface area contributed by atoms with Gasteiger partial charge in [-0.05, 0) is 72.4 Å². The molecule has 2 fully saturated rings. The highest BCUT2D eigenvalue weighted by atomic mass is 16.5. The number of methoxy groups -OCH3 is 2. The second kappa shape index (κ2) is 17.2. The first kappa shape index (κ1) is 39.0. The number of likely N-dealkylation sites (tertiary alicyclic amines) is 1. The number of imidazole rings is 1. The summed E-state index contributed by atoms with van der Waals surface area (Å²) >= 11 is 0. The smallest absolute Gasteiger partial charge is 0.407 e. The van der Waals surface area contributed by atoms with E-state index in [0.717, 1.165) is 71.1 Å². The molecule has 4 aromatic rings. The van der Waals surface area contributed by atoms with Gasteiger partial charge < -0.3 is 40.6 Å². The zero-order valence-electron chi connectivity index (χ0n) is 32.2. The van der Waals surface area contributed by atoms with E-state index in [-0.39, 0.29) is 41.8 Å². The van der Waals surface area contributed by atoms with Crippen LogP contribution >= 0.6 is 0 Å². The van der Waals surface area contributed by atoms with Crippen LogP contribution in [0.4, 0.5) is 15.5 Å². The van der Waals surface area contributed by atoms with Crippen molar-refractivity contribution in [1.29, 1.82) is 0 Å². The first-order chi connectivity index (χ1) is 26.4. The fourth-order valence-corrected chi connectivity index (χ4v) is 7.45. The highest BCUT2D eigenvalue weighted by molar-refractivity contribution is 5.90. The Kier molecular flexibility index (Phi) is 12.2. The molecule has 0 spiro atoms. The molecular weight excluding hydrogens is 702 g/mol. The van der Waals surface area contributed by atoms with Gasteiger partial charge >= 0.3 is 12.2 Å². The molecule has 15 heteroatoms. The molecule has 1 aliphatic carbocycles. The quantitative estimate of drug-likeness (QED) is 0.122. The fourth-order valence-electron chi connectivity index (χ4n) is 7.45. The van der Waals surface area contributed by atoms with E-state index in [0.29, 0.717) is 12.5 Å². The average Bonchev–Trinajstić information content (AvgIpc) is 3.97. The van der Waals surface area contributed by atoms with Crippen LogP contribution in [-0.2, 0) is 19.1 Å². The van der Waals surface area contributed by atoms with Gasteiger partial charge in [-0.1, -0.05) is 52.0 Å². The Hall–Kier alpha value is -5.73. The summed E-state index contributed by atoms with van der Waals surface area (Å²) < 4.78 is 9.45. The maximum absolute atomic E-state index is 13.6. The van der Waals surface area contributed by atoms with E-state index >= 15 is 0 Å². The second-order valence-corrected chi connectivity index (χ2v) is 15.0. The van der Waals surface area contributed by atoms with Gasteiger partial charge in [0.1, 0.15) is 17.9 Å². The van der Waals surface area contributed by atoms with Crippen molar-refractivity contribution < 1.29 is 28.7 Å². The van der Waals surface area contributed by atoms with Gasteiger partial charge in [0.25, 0.3) is 0 Å². The van der Waals surface area contributed by atoms with Crippen LogP contribution in [0.25, 0.3) is 33.2 Å². The fraction of sp³-hybridized carbons (Fsp3) is 0.475. The zero-order chi connectivity index (χ0) is 39.2. The molecule has 0 bridgehead atoms. The number of nitrogens with zero attached hydrogens (tertiary/aromatic N) is 4. The number of aromatic nitrogens is 4. The molecule has 2 aliphatic rings. The van der Waals surface area contributed by atoms with E-state index in [9.17, 15) is 19.2 Å². The number of hydrogen-bond acceptors (Lipinski definition) is 10. The van der Waals surface area contributed by atoms with Gasteiger partial charge in [-0.15, -0.1) is 0 Å². The molecule has 55 heavy (non-hydrogen) atoms. The number of ether oxygens (including phenoxy) is 2. The maximum Gasteiger partial charge on any atom is 0.407 e. The standard InChI is InChI=1S/C40H51N9O6/c1-22(2)33(47-39(52)54-5)36(50)45-29-9-7-10-30(29)46-38-42-19-28(20-43-38)26-13-12-25-18-27(15-14-24(25)17-26)31-21-41-35(44-31)32-11-8-16-49(32)37(51)34(23(3)4)48-40(53)55-6/h12-15,17-23,29-30,32-34H,7-11,16H2,1-6H3,(H,41,44)(H,45,50)(H,47,52)(H,48,53)(H,42,43,46)/t29-,30-,32-,33-,34-/m0/s1. The number of carbonyl (C=O) groups is 4. The normalized spacial score (nSPS) is 19.3. The lowest BCUT2D eigenvalue weighted by molar-refractivity contribution is -0.135. The number of hydrogen-bond donors (Lipinski definition) is 5. The van der Waals surface area contributed by atoms with Gasteiger partial charge in [-0.3, -0.25) is 9.59 Å². The lowest BCUT2D eigenvalue weighted by atomic mass is 10.0. The molecule has 5 atom stereocenters. The Balaban J connectivity index is 1.10. The summed E-state index contributed by atoms with van der Waals surface area (Å²) in [5, 5.41) is 13.9.